The van der Waals surface area contributed by atoms with Crippen LogP contribution < -0.4 is 15.0 Å². The molecule has 1 fully saturated rings. The molecule has 0 unspecified atom stereocenters. The number of para-hydroxylation sites is 2. The summed E-state index contributed by atoms with van der Waals surface area (Å²) in [6.07, 6.45) is 1.48. The van der Waals surface area contributed by atoms with Gasteiger partial charge in [-0.3, -0.25) is 14.9 Å². The molecule has 7 nitrogen and oxygen atoms in total. The minimum atomic E-state index is -0.791. The number of hydrogen-bond acceptors (Lipinski definition) is 5. The molecule has 1 aromatic rings. The van der Waals surface area contributed by atoms with Crippen LogP contribution in [0.15, 0.2) is 36.0 Å². The Morgan fingerprint density at radius 2 is 1.83 bits per heavy atom. The molecule has 122 valence electrons. The predicted molar refractivity (Wildman–Crippen MR) is 85.0 cm³/mol. The standard InChI is InChI=1S/C16H19N3O4/c1-4-18(5-2)10-11-14(20)17-16(22)19(15(11)21)12-8-6-7-9-13(12)23-3/h6-10H,4-5H2,1-3H3,(H,17,20,22)/b11-10+. The Balaban J connectivity index is 2.46. The minimum absolute atomic E-state index is 0.0841. The molecule has 0 aliphatic carbocycles. The predicted octanol–water partition coefficient (Wildman–Crippen LogP) is 1.50. The average molecular weight is 317 g/mol. The highest BCUT2D eigenvalue weighted by atomic mass is 16.5. The van der Waals surface area contributed by atoms with Gasteiger partial charge in [-0.2, -0.15) is 0 Å². The number of carbonyl (C=O) groups is 3. The van der Waals surface area contributed by atoms with Crippen molar-refractivity contribution in [3.8, 4) is 5.75 Å². The van der Waals surface area contributed by atoms with Gasteiger partial charge in [-0.1, -0.05) is 12.1 Å². The van der Waals surface area contributed by atoms with Gasteiger partial charge in [0, 0.05) is 19.3 Å². The number of hydrogen-bond donors (Lipinski definition) is 1. The average Bonchev–Trinajstić information content (AvgIpc) is 2.55. The number of benzene rings is 1. The van der Waals surface area contributed by atoms with Crippen molar-refractivity contribution in [3.63, 3.8) is 0 Å². The van der Waals surface area contributed by atoms with Gasteiger partial charge in [0.15, 0.2) is 0 Å². The van der Waals surface area contributed by atoms with E-state index in [2.05, 4.69) is 5.32 Å². The summed E-state index contributed by atoms with van der Waals surface area (Å²) in [4.78, 5) is 39.5. The van der Waals surface area contributed by atoms with E-state index in [1.165, 1.54) is 13.3 Å². The summed E-state index contributed by atoms with van der Waals surface area (Å²) >= 11 is 0. The monoisotopic (exact) mass is 317 g/mol. The van der Waals surface area contributed by atoms with E-state index < -0.39 is 17.8 Å². The van der Waals surface area contributed by atoms with Crippen LogP contribution in [0.25, 0.3) is 0 Å². The van der Waals surface area contributed by atoms with Crippen molar-refractivity contribution in [1.82, 2.24) is 10.2 Å². The fourth-order valence-corrected chi connectivity index (χ4v) is 2.27. The lowest BCUT2D eigenvalue weighted by Gasteiger charge is -2.28. The second kappa shape index (κ2) is 6.95. The molecule has 1 aliphatic rings. The van der Waals surface area contributed by atoms with Gasteiger partial charge in [0.1, 0.15) is 11.3 Å². The van der Waals surface area contributed by atoms with Crippen LogP contribution in [0.3, 0.4) is 0 Å². The van der Waals surface area contributed by atoms with Crippen molar-refractivity contribution in [2.45, 2.75) is 13.8 Å². The van der Waals surface area contributed by atoms with Crippen LogP contribution in [0, 0.1) is 0 Å². The molecule has 1 aromatic carbocycles. The molecule has 2 rings (SSSR count). The van der Waals surface area contributed by atoms with Crippen molar-refractivity contribution >= 4 is 23.5 Å². The summed E-state index contributed by atoms with van der Waals surface area (Å²) in [6.45, 7) is 5.11. The molecule has 1 aliphatic heterocycles. The maximum Gasteiger partial charge on any atom is 0.336 e. The minimum Gasteiger partial charge on any atom is -0.495 e. The first kappa shape index (κ1) is 16.5. The summed E-state index contributed by atoms with van der Waals surface area (Å²) in [6, 6.07) is 5.84. The highest BCUT2D eigenvalue weighted by molar-refractivity contribution is 6.37. The second-order valence-corrected chi connectivity index (χ2v) is 4.84. The highest BCUT2D eigenvalue weighted by Crippen LogP contribution is 2.30. The van der Waals surface area contributed by atoms with Crippen LogP contribution >= 0.6 is 0 Å². The topological polar surface area (TPSA) is 79.0 Å². The molecule has 1 saturated heterocycles. The lowest BCUT2D eigenvalue weighted by Crippen LogP contribution is -2.55. The smallest absolute Gasteiger partial charge is 0.336 e. The number of carbonyl (C=O) groups excluding carboxylic acids is 3. The molecule has 0 saturated carbocycles. The van der Waals surface area contributed by atoms with Crippen LogP contribution in [0.1, 0.15) is 13.8 Å². The number of barbiturate groups is 1. The van der Waals surface area contributed by atoms with Gasteiger partial charge < -0.3 is 9.64 Å². The third-order valence-corrected chi connectivity index (χ3v) is 3.55. The first-order valence-electron chi connectivity index (χ1n) is 7.32. The summed E-state index contributed by atoms with van der Waals surface area (Å²) in [5.74, 6) is -0.999. The van der Waals surface area contributed by atoms with Crippen LogP contribution in [-0.2, 0) is 9.59 Å². The van der Waals surface area contributed by atoms with E-state index >= 15 is 0 Å². The quantitative estimate of drug-likeness (QED) is 0.658. The Labute approximate surface area is 134 Å². The number of amides is 4. The van der Waals surface area contributed by atoms with E-state index in [0.717, 1.165) is 4.90 Å². The molecule has 4 amide bonds. The fraction of sp³-hybridized carbons (Fsp3) is 0.312. The van der Waals surface area contributed by atoms with Crippen molar-refractivity contribution in [2.24, 2.45) is 0 Å². The Morgan fingerprint density at radius 3 is 2.43 bits per heavy atom. The van der Waals surface area contributed by atoms with E-state index in [4.69, 9.17) is 4.74 Å². The van der Waals surface area contributed by atoms with E-state index in [1.54, 1.807) is 24.3 Å². The van der Waals surface area contributed by atoms with Crippen LogP contribution in [0.2, 0.25) is 0 Å². The molecule has 1 heterocycles. The van der Waals surface area contributed by atoms with Crippen LogP contribution in [0.5, 0.6) is 5.75 Å². The first-order valence-corrected chi connectivity index (χ1v) is 7.32. The van der Waals surface area contributed by atoms with Gasteiger partial charge in [-0.05, 0) is 26.0 Å². The van der Waals surface area contributed by atoms with Crippen molar-refractivity contribution in [3.05, 3.63) is 36.0 Å². The third-order valence-electron chi connectivity index (χ3n) is 3.55. The van der Waals surface area contributed by atoms with Gasteiger partial charge in [0.05, 0.1) is 12.8 Å². The molecular formula is C16H19N3O4. The number of nitrogens with one attached hydrogen (secondary N) is 1. The number of urea groups is 1. The maximum atomic E-state index is 12.7. The number of imide groups is 2. The molecule has 1 N–H and O–H groups in total. The van der Waals surface area contributed by atoms with Crippen LogP contribution in [-0.4, -0.2) is 42.9 Å². The van der Waals surface area contributed by atoms with Gasteiger partial charge in [-0.15, -0.1) is 0 Å². The zero-order valence-electron chi connectivity index (χ0n) is 13.3. The molecular weight excluding hydrogens is 298 g/mol. The van der Waals surface area contributed by atoms with Crippen molar-refractivity contribution < 1.29 is 19.1 Å². The number of nitrogens with zero attached hydrogens (tertiary/aromatic N) is 2. The Hall–Kier alpha value is -2.83. The third kappa shape index (κ3) is 3.18. The van der Waals surface area contributed by atoms with E-state index in [1.807, 2.05) is 18.7 Å². The SMILES string of the molecule is CCN(/C=C1\C(=O)NC(=O)N(c2ccccc2OC)C1=O)CC. The summed E-state index contributed by atoms with van der Waals surface area (Å²) in [7, 11) is 1.45. The van der Waals surface area contributed by atoms with E-state index in [0.29, 0.717) is 18.8 Å². The van der Waals surface area contributed by atoms with E-state index in [9.17, 15) is 14.4 Å². The van der Waals surface area contributed by atoms with Crippen molar-refractivity contribution in [1.29, 1.82) is 0 Å². The molecule has 7 heteroatoms. The van der Waals surface area contributed by atoms with Gasteiger partial charge in [0.25, 0.3) is 11.8 Å². The van der Waals surface area contributed by atoms with Gasteiger partial charge in [-0.25, -0.2) is 9.69 Å². The largest absolute Gasteiger partial charge is 0.495 e. The summed E-state index contributed by atoms with van der Waals surface area (Å²) in [5, 5.41) is 2.19. The van der Waals surface area contributed by atoms with Gasteiger partial charge in [0.2, 0.25) is 0 Å². The number of rotatable bonds is 5. The fourth-order valence-electron chi connectivity index (χ4n) is 2.27. The first-order chi connectivity index (χ1) is 11.0. The van der Waals surface area contributed by atoms with Gasteiger partial charge >= 0.3 is 6.03 Å². The highest BCUT2D eigenvalue weighted by Gasteiger charge is 2.38. The Kier molecular flexibility index (Phi) is 5.00. The van der Waals surface area contributed by atoms with E-state index in [-0.39, 0.29) is 11.3 Å². The Morgan fingerprint density at radius 1 is 1.17 bits per heavy atom. The molecule has 0 spiro atoms. The summed E-state index contributed by atoms with van der Waals surface area (Å²) in [5.41, 5.74) is 0.203. The molecule has 0 bridgehead atoms. The number of methoxy groups -OCH3 is 1. The normalized spacial score (nSPS) is 16.6. The lowest BCUT2D eigenvalue weighted by atomic mass is 10.1. The molecule has 0 aromatic heterocycles. The maximum absolute atomic E-state index is 12.7. The molecule has 0 atom stereocenters. The molecule has 0 radical (unpaired) electrons. The second-order valence-electron chi connectivity index (χ2n) is 4.84. The molecule has 23 heavy (non-hydrogen) atoms. The van der Waals surface area contributed by atoms with Crippen molar-refractivity contribution in [2.75, 3.05) is 25.1 Å². The zero-order valence-corrected chi connectivity index (χ0v) is 13.3. The number of ether oxygens (including phenoxy) is 1. The van der Waals surface area contributed by atoms with Crippen LogP contribution in [0.4, 0.5) is 10.5 Å². The lowest BCUT2D eigenvalue weighted by molar-refractivity contribution is -0.122. The summed E-state index contributed by atoms with van der Waals surface area (Å²) < 4.78 is 5.19. The Bertz CT molecular complexity index is 665. The zero-order chi connectivity index (χ0) is 17.0. The number of anilines is 1.